The Morgan fingerprint density at radius 1 is 1.44 bits per heavy atom. The number of carboxylic acids is 1. The molecule has 5 nitrogen and oxygen atoms in total. The van der Waals surface area contributed by atoms with E-state index in [0.29, 0.717) is 6.54 Å². The second-order valence-electron chi connectivity index (χ2n) is 5.44. The van der Waals surface area contributed by atoms with E-state index in [0.717, 1.165) is 12.8 Å². The van der Waals surface area contributed by atoms with Crippen molar-refractivity contribution in [3.05, 3.63) is 12.7 Å². The van der Waals surface area contributed by atoms with E-state index < -0.39 is 17.4 Å². The van der Waals surface area contributed by atoms with Crippen LogP contribution in [0.2, 0.25) is 0 Å². The molecule has 0 unspecified atom stereocenters. The van der Waals surface area contributed by atoms with Crippen molar-refractivity contribution in [3.63, 3.8) is 0 Å². The second-order valence-corrected chi connectivity index (χ2v) is 5.44. The first-order valence-electron chi connectivity index (χ1n) is 6.05. The molecule has 2 N–H and O–H groups in total. The van der Waals surface area contributed by atoms with Crippen LogP contribution in [-0.4, -0.2) is 41.6 Å². The fourth-order valence-electron chi connectivity index (χ4n) is 1.46. The maximum Gasteiger partial charge on any atom is 0.326 e. The summed E-state index contributed by atoms with van der Waals surface area (Å²) in [6.07, 6.45) is 3.45. The van der Waals surface area contributed by atoms with Gasteiger partial charge in [0.1, 0.15) is 6.04 Å². The highest BCUT2D eigenvalue weighted by Gasteiger charge is 2.33. The van der Waals surface area contributed by atoms with E-state index >= 15 is 0 Å². The third-order valence-corrected chi connectivity index (χ3v) is 2.63. The van der Waals surface area contributed by atoms with Crippen LogP contribution in [0.4, 0.5) is 4.79 Å². The van der Waals surface area contributed by atoms with Crippen molar-refractivity contribution in [2.75, 3.05) is 13.6 Å². The zero-order valence-electron chi connectivity index (χ0n) is 11.7. The van der Waals surface area contributed by atoms with E-state index in [1.165, 1.54) is 4.90 Å². The van der Waals surface area contributed by atoms with Crippen molar-refractivity contribution in [1.29, 1.82) is 0 Å². The topological polar surface area (TPSA) is 69.6 Å². The van der Waals surface area contributed by atoms with Gasteiger partial charge in [0.25, 0.3) is 0 Å². The minimum atomic E-state index is -1.02. The first-order chi connectivity index (χ1) is 8.20. The molecule has 104 valence electrons. The van der Waals surface area contributed by atoms with Gasteiger partial charge in [0, 0.05) is 13.6 Å². The average molecular weight is 256 g/mol. The zero-order chi connectivity index (χ0) is 14.3. The Hall–Kier alpha value is -1.52. The summed E-state index contributed by atoms with van der Waals surface area (Å²) in [6.45, 7) is 9.53. The number of carbonyl (C=O) groups excluding carboxylic acids is 1. The number of unbranched alkanes of at least 4 members (excludes halogenated alkanes) is 1. The molecule has 0 aliphatic carbocycles. The van der Waals surface area contributed by atoms with Crippen LogP contribution < -0.4 is 5.32 Å². The summed E-state index contributed by atoms with van der Waals surface area (Å²) in [5.41, 5.74) is -0.524. The van der Waals surface area contributed by atoms with Crippen molar-refractivity contribution in [3.8, 4) is 0 Å². The average Bonchev–Trinajstić information content (AvgIpc) is 2.23. The van der Waals surface area contributed by atoms with Crippen molar-refractivity contribution in [2.45, 2.75) is 39.7 Å². The molecule has 0 aliphatic rings. The van der Waals surface area contributed by atoms with Gasteiger partial charge in [0.2, 0.25) is 0 Å². The summed E-state index contributed by atoms with van der Waals surface area (Å²) in [7, 11) is 1.65. The molecule has 0 spiro atoms. The van der Waals surface area contributed by atoms with Gasteiger partial charge in [0.05, 0.1) is 0 Å². The first kappa shape index (κ1) is 16.5. The molecule has 0 rings (SSSR count). The van der Waals surface area contributed by atoms with Crippen LogP contribution in [0, 0.1) is 5.41 Å². The Kier molecular flexibility index (Phi) is 6.44. The summed E-state index contributed by atoms with van der Waals surface area (Å²) in [5.74, 6) is -1.02. The second kappa shape index (κ2) is 7.03. The minimum Gasteiger partial charge on any atom is -0.480 e. The molecular formula is C13H24N2O3. The standard InChI is InChI=1S/C13H24N2O3/c1-6-7-8-9-15(5)12(18)14-10(11(16)17)13(2,3)4/h6,10H,1,7-9H2,2-5H3,(H,14,18)(H,16,17)/t10-/m1/s1. The molecule has 18 heavy (non-hydrogen) atoms. The lowest BCUT2D eigenvalue weighted by atomic mass is 9.87. The Labute approximate surface area is 109 Å². The number of carboxylic acid groups (broad SMARTS) is 1. The Balaban J connectivity index is 4.42. The molecule has 0 saturated heterocycles. The predicted molar refractivity (Wildman–Crippen MR) is 71.5 cm³/mol. The number of urea groups is 1. The summed E-state index contributed by atoms with van der Waals surface area (Å²) in [6, 6.07) is -1.26. The van der Waals surface area contributed by atoms with Gasteiger partial charge in [-0.1, -0.05) is 26.8 Å². The largest absolute Gasteiger partial charge is 0.480 e. The van der Waals surface area contributed by atoms with Crippen LogP contribution in [0.15, 0.2) is 12.7 Å². The molecule has 1 atom stereocenters. The number of hydrogen-bond donors (Lipinski definition) is 2. The Morgan fingerprint density at radius 3 is 2.39 bits per heavy atom. The normalized spacial score (nSPS) is 12.7. The van der Waals surface area contributed by atoms with E-state index in [4.69, 9.17) is 5.11 Å². The number of rotatable bonds is 6. The van der Waals surface area contributed by atoms with Crippen LogP contribution >= 0.6 is 0 Å². The summed E-state index contributed by atoms with van der Waals surface area (Å²) >= 11 is 0. The highest BCUT2D eigenvalue weighted by atomic mass is 16.4. The summed E-state index contributed by atoms with van der Waals surface area (Å²) in [4.78, 5) is 24.4. The van der Waals surface area contributed by atoms with Crippen molar-refractivity contribution < 1.29 is 14.7 Å². The molecule has 0 saturated carbocycles. The summed E-state index contributed by atoms with van der Waals surface area (Å²) in [5, 5.41) is 11.7. The van der Waals surface area contributed by atoms with Gasteiger partial charge < -0.3 is 15.3 Å². The van der Waals surface area contributed by atoms with Crippen LogP contribution in [0.3, 0.4) is 0 Å². The number of aliphatic carboxylic acids is 1. The van der Waals surface area contributed by atoms with Crippen LogP contribution in [0.5, 0.6) is 0 Å². The Morgan fingerprint density at radius 2 is 2.00 bits per heavy atom. The van der Waals surface area contributed by atoms with E-state index in [1.807, 2.05) is 0 Å². The third-order valence-electron chi connectivity index (χ3n) is 2.63. The van der Waals surface area contributed by atoms with Crippen LogP contribution in [-0.2, 0) is 4.79 Å². The quantitative estimate of drug-likeness (QED) is 0.564. The molecule has 0 aromatic rings. The lowest BCUT2D eigenvalue weighted by molar-refractivity contribution is -0.142. The SMILES string of the molecule is C=CCCCN(C)C(=O)N[C@H](C(=O)O)C(C)(C)C. The number of amides is 2. The molecule has 0 fully saturated rings. The minimum absolute atomic E-state index is 0.360. The molecule has 5 heteroatoms. The van der Waals surface area contributed by atoms with Gasteiger partial charge >= 0.3 is 12.0 Å². The van der Waals surface area contributed by atoms with Crippen molar-refractivity contribution in [2.24, 2.45) is 5.41 Å². The number of nitrogens with zero attached hydrogens (tertiary/aromatic N) is 1. The molecular weight excluding hydrogens is 232 g/mol. The van der Waals surface area contributed by atoms with Gasteiger partial charge in [-0.2, -0.15) is 0 Å². The lowest BCUT2D eigenvalue weighted by Crippen LogP contribution is -2.52. The molecule has 0 aliphatic heterocycles. The predicted octanol–water partition coefficient (Wildman–Crippen LogP) is 2.09. The lowest BCUT2D eigenvalue weighted by Gasteiger charge is -2.29. The Bertz CT molecular complexity index is 308. The molecule has 0 heterocycles. The van der Waals surface area contributed by atoms with Gasteiger partial charge in [-0.25, -0.2) is 9.59 Å². The zero-order valence-corrected chi connectivity index (χ0v) is 11.7. The molecule has 0 radical (unpaired) electrons. The molecule has 0 aromatic heterocycles. The van der Waals surface area contributed by atoms with Gasteiger partial charge in [-0.15, -0.1) is 6.58 Å². The van der Waals surface area contributed by atoms with Crippen molar-refractivity contribution >= 4 is 12.0 Å². The van der Waals surface area contributed by atoms with E-state index in [9.17, 15) is 9.59 Å². The maximum absolute atomic E-state index is 11.8. The van der Waals surface area contributed by atoms with E-state index in [2.05, 4.69) is 11.9 Å². The van der Waals surface area contributed by atoms with Gasteiger partial charge in [-0.3, -0.25) is 0 Å². The van der Waals surface area contributed by atoms with Crippen molar-refractivity contribution in [1.82, 2.24) is 10.2 Å². The number of hydrogen-bond acceptors (Lipinski definition) is 2. The number of carbonyl (C=O) groups is 2. The fourth-order valence-corrected chi connectivity index (χ4v) is 1.46. The third kappa shape index (κ3) is 5.70. The monoisotopic (exact) mass is 256 g/mol. The number of allylic oxidation sites excluding steroid dienone is 1. The van der Waals surface area contributed by atoms with E-state index in [1.54, 1.807) is 33.9 Å². The molecule has 0 aromatic carbocycles. The van der Waals surface area contributed by atoms with Crippen LogP contribution in [0.1, 0.15) is 33.6 Å². The van der Waals surface area contributed by atoms with Gasteiger partial charge in [0.15, 0.2) is 0 Å². The molecule has 0 bridgehead atoms. The highest BCUT2D eigenvalue weighted by molar-refractivity contribution is 5.83. The van der Waals surface area contributed by atoms with Crippen LogP contribution in [0.25, 0.3) is 0 Å². The first-order valence-corrected chi connectivity index (χ1v) is 6.05. The summed E-state index contributed by atoms with van der Waals surface area (Å²) < 4.78 is 0. The maximum atomic E-state index is 11.8. The van der Waals surface area contributed by atoms with Gasteiger partial charge in [-0.05, 0) is 18.3 Å². The fraction of sp³-hybridized carbons (Fsp3) is 0.692. The smallest absolute Gasteiger partial charge is 0.326 e. The number of nitrogens with one attached hydrogen (secondary N) is 1. The molecule has 2 amide bonds. The van der Waals surface area contributed by atoms with E-state index in [-0.39, 0.29) is 6.03 Å². The highest BCUT2D eigenvalue weighted by Crippen LogP contribution is 2.19.